The molecule has 1 amide bonds. The first kappa shape index (κ1) is 16.1. The Kier molecular flexibility index (Phi) is 4.71. The second-order valence-corrected chi connectivity index (χ2v) is 6.82. The van der Waals surface area contributed by atoms with Crippen LogP contribution in [-0.2, 0) is 11.2 Å². The molecule has 0 aliphatic carbocycles. The van der Waals surface area contributed by atoms with E-state index in [4.69, 9.17) is 0 Å². The summed E-state index contributed by atoms with van der Waals surface area (Å²) in [5.74, 6) is 0.576. The number of likely N-dealkylation sites (tertiary alicyclic amines) is 1. The van der Waals surface area contributed by atoms with Crippen LogP contribution in [0.4, 0.5) is 0 Å². The molecule has 1 unspecified atom stereocenters. The average Bonchev–Trinajstić information content (AvgIpc) is 2.95. The number of fused-ring (bicyclic) bond motifs is 1. The van der Waals surface area contributed by atoms with E-state index >= 15 is 0 Å². The molecule has 1 aromatic heterocycles. The number of amides is 1. The predicted molar refractivity (Wildman–Crippen MR) is 92.3 cm³/mol. The molecular weight excluding hydrogens is 288 g/mol. The van der Waals surface area contributed by atoms with Gasteiger partial charge in [0.15, 0.2) is 0 Å². The summed E-state index contributed by atoms with van der Waals surface area (Å²) in [6.07, 6.45) is 4.92. The van der Waals surface area contributed by atoms with E-state index in [1.807, 2.05) is 18.0 Å². The van der Waals surface area contributed by atoms with Gasteiger partial charge in [0.1, 0.15) is 0 Å². The molecule has 2 aromatic rings. The number of nitrogens with zero attached hydrogens (tertiary/aromatic N) is 1. The molecular formula is C19H26N2O2. The fraction of sp³-hybridized carbons (Fsp3) is 0.526. The Hall–Kier alpha value is -1.81. The molecule has 0 radical (unpaired) electrons. The van der Waals surface area contributed by atoms with Crippen LogP contribution in [0.2, 0.25) is 0 Å². The van der Waals surface area contributed by atoms with Crippen LogP contribution >= 0.6 is 0 Å². The van der Waals surface area contributed by atoms with Gasteiger partial charge in [-0.25, -0.2) is 0 Å². The minimum Gasteiger partial charge on any atom is -0.393 e. The molecule has 2 heterocycles. The van der Waals surface area contributed by atoms with Gasteiger partial charge in [0, 0.05) is 36.6 Å². The largest absolute Gasteiger partial charge is 0.393 e. The van der Waals surface area contributed by atoms with Gasteiger partial charge >= 0.3 is 0 Å². The number of hydrogen-bond donors (Lipinski definition) is 2. The lowest BCUT2D eigenvalue weighted by atomic mass is 9.92. The number of hydrogen-bond acceptors (Lipinski definition) is 2. The number of nitrogens with one attached hydrogen (secondary N) is 1. The first-order chi connectivity index (χ1) is 11.0. The quantitative estimate of drug-likeness (QED) is 0.911. The van der Waals surface area contributed by atoms with E-state index in [2.05, 4.69) is 30.1 Å². The van der Waals surface area contributed by atoms with Crippen LogP contribution in [0.5, 0.6) is 0 Å². The Morgan fingerprint density at radius 2 is 2.13 bits per heavy atom. The summed E-state index contributed by atoms with van der Waals surface area (Å²) in [7, 11) is 0. The SMILES string of the molecule is Cc1ccc2[nH]cc(CCC(=O)N3CCC(C(C)O)CC3)c2c1. The molecule has 0 bridgehead atoms. The van der Waals surface area contributed by atoms with Crippen LogP contribution in [0, 0.1) is 12.8 Å². The fourth-order valence-corrected chi connectivity index (χ4v) is 3.53. The van der Waals surface area contributed by atoms with Crippen molar-refractivity contribution < 1.29 is 9.90 Å². The van der Waals surface area contributed by atoms with E-state index in [9.17, 15) is 9.90 Å². The van der Waals surface area contributed by atoms with Crippen LogP contribution in [0.25, 0.3) is 10.9 Å². The van der Waals surface area contributed by atoms with Crippen molar-refractivity contribution in [1.82, 2.24) is 9.88 Å². The van der Waals surface area contributed by atoms with Crippen LogP contribution in [0.3, 0.4) is 0 Å². The molecule has 1 atom stereocenters. The molecule has 1 aliphatic rings. The summed E-state index contributed by atoms with van der Waals surface area (Å²) < 4.78 is 0. The number of piperidine rings is 1. The third-order valence-corrected chi connectivity index (χ3v) is 5.11. The zero-order chi connectivity index (χ0) is 16.4. The monoisotopic (exact) mass is 314 g/mol. The zero-order valence-electron chi connectivity index (χ0n) is 14.0. The van der Waals surface area contributed by atoms with Gasteiger partial charge in [-0.1, -0.05) is 11.6 Å². The van der Waals surface area contributed by atoms with Gasteiger partial charge in [-0.2, -0.15) is 0 Å². The van der Waals surface area contributed by atoms with Crippen LogP contribution in [-0.4, -0.2) is 40.1 Å². The second-order valence-electron chi connectivity index (χ2n) is 6.82. The van der Waals surface area contributed by atoms with Gasteiger partial charge in [0.2, 0.25) is 5.91 Å². The Balaban J connectivity index is 1.57. The lowest BCUT2D eigenvalue weighted by molar-refractivity contribution is -0.133. The minimum atomic E-state index is -0.262. The molecule has 0 saturated carbocycles. The van der Waals surface area contributed by atoms with Gasteiger partial charge in [0.05, 0.1) is 6.10 Å². The van der Waals surface area contributed by atoms with Crippen LogP contribution < -0.4 is 0 Å². The molecule has 3 rings (SSSR count). The Morgan fingerprint density at radius 1 is 1.39 bits per heavy atom. The summed E-state index contributed by atoms with van der Waals surface area (Å²) in [5.41, 5.74) is 3.59. The summed E-state index contributed by atoms with van der Waals surface area (Å²) >= 11 is 0. The number of H-pyrrole nitrogens is 1. The molecule has 124 valence electrons. The Morgan fingerprint density at radius 3 is 2.83 bits per heavy atom. The predicted octanol–water partition coefficient (Wildman–Crippen LogP) is 3.03. The van der Waals surface area contributed by atoms with Gasteiger partial charge < -0.3 is 15.0 Å². The molecule has 1 aliphatic heterocycles. The smallest absolute Gasteiger partial charge is 0.222 e. The fourth-order valence-electron chi connectivity index (χ4n) is 3.53. The normalized spacial score (nSPS) is 17.6. The number of aliphatic hydroxyl groups excluding tert-OH is 1. The van der Waals surface area contributed by atoms with Crippen molar-refractivity contribution >= 4 is 16.8 Å². The second kappa shape index (κ2) is 6.75. The number of aryl methyl sites for hydroxylation is 2. The summed E-state index contributed by atoms with van der Waals surface area (Å²) in [6.45, 7) is 5.50. The summed E-state index contributed by atoms with van der Waals surface area (Å²) in [4.78, 5) is 17.7. The maximum Gasteiger partial charge on any atom is 0.222 e. The van der Waals surface area contributed by atoms with Crippen molar-refractivity contribution in [1.29, 1.82) is 0 Å². The van der Waals surface area contributed by atoms with Gasteiger partial charge in [-0.15, -0.1) is 0 Å². The number of benzene rings is 1. The molecule has 1 aromatic carbocycles. The molecule has 2 N–H and O–H groups in total. The third-order valence-electron chi connectivity index (χ3n) is 5.11. The standard InChI is InChI=1S/C19H26N2O2/c1-13-3-5-18-17(11-13)16(12-20-18)4-6-19(23)21-9-7-15(8-10-21)14(2)22/h3,5,11-12,14-15,20,22H,4,6-10H2,1-2H3. The van der Waals surface area contributed by atoms with E-state index in [1.165, 1.54) is 16.5 Å². The van der Waals surface area contributed by atoms with Crippen LogP contribution in [0.15, 0.2) is 24.4 Å². The first-order valence-electron chi connectivity index (χ1n) is 8.57. The van der Waals surface area contributed by atoms with Crippen molar-refractivity contribution in [3.63, 3.8) is 0 Å². The van der Waals surface area contributed by atoms with Crippen molar-refractivity contribution in [2.24, 2.45) is 5.92 Å². The van der Waals surface area contributed by atoms with E-state index in [0.29, 0.717) is 12.3 Å². The Bertz CT molecular complexity index is 682. The highest BCUT2D eigenvalue weighted by Crippen LogP contribution is 2.23. The molecule has 1 fully saturated rings. The zero-order valence-corrected chi connectivity index (χ0v) is 14.0. The lowest BCUT2D eigenvalue weighted by Gasteiger charge is -2.33. The first-order valence-corrected chi connectivity index (χ1v) is 8.57. The van der Waals surface area contributed by atoms with Crippen molar-refractivity contribution in [3.8, 4) is 0 Å². The van der Waals surface area contributed by atoms with E-state index < -0.39 is 0 Å². The highest BCUT2D eigenvalue weighted by Gasteiger charge is 2.25. The minimum absolute atomic E-state index is 0.232. The molecule has 23 heavy (non-hydrogen) atoms. The number of aromatic amines is 1. The van der Waals surface area contributed by atoms with Crippen LogP contribution in [0.1, 0.15) is 37.3 Å². The van der Waals surface area contributed by atoms with Crippen molar-refractivity contribution in [2.45, 2.75) is 45.6 Å². The van der Waals surface area contributed by atoms with E-state index in [-0.39, 0.29) is 12.0 Å². The number of aliphatic hydroxyl groups is 1. The average molecular weight is 314 g/mol. The highest BCUT2D eigenvalue weighted by molar-refractivity contribution is 5.85. The number of carbonyl (C=O) groups is 1. The topological polar surface area (TPSA) is 56.3 Å². The Labute approximate surface area is 137 Å². The van der Waals surface area contributed by atoms with Crippen molar-refractivity contribution in [3.05, 3.63) is 35.5 Å². The molecule has 4 heteroatoms. The van der Waals surface area contributed by atoms with Gasteiger partial charge in [-0.05, 0) is 56.7 Å². The van der Waals surface area contributed by atoms with E-state index in [0.717, 1.165) is 37.9 Å². The number of carbonyl (C=O) groups excluding carboxylic acids is 1. The summed E-state index contributed by atoms with van der Waals surface area (Å²) in [5, 5.41) is 10.9. The van der Waals surface area contributed by atoms with Crippen molar-refractivity contribution in [2.75, 3.05) is 13.1 Å². The molecule has 1 saturated heterocycles. The maximum absolute atomic E-state index is 12.4. The maximum atomic E-state index is 12.4. The summed E-state index contributed by atoms with van der Waals surface area (Å²) in [6, 6.07) is 6.37. The molecule has 4 nitrogen and oxygen atoms in total. The number of rotatable bonds is 4. The van der Waals surface area contributed by atoms with Gasteiger partial charge in [0.25, 0.3) is 0 Å². The number of aromatic nitrogens is 1. The molecule has 0 spiro atoms. The lowest BCUT2D eigenvalue weighted by Crippen LogP contribution is -2.40. The third kappa shape index (κ3) is 3.58. The highest BCUT2D eigenvalue weighted by atomic mass is 16.3. The van der Waals surface area contributed by atoms with Gasteiger partial charge in [-0.3, -0.25) is 4.79 Å². The van der Waals surface area contributed by atoms with E-state index in [1.54, 1.807) is 0 Å².